The molecule has 0 atom stereocenters. The largest absolute Gasteiger partial charge is 0.378 e. The number of hydrogen-bond donors (Lipinski definition) is 2. The van der Waals surface area contributed by atoms with Gasteiger partial charge >= 0.3 is 0 Å². The highest BCUT2D eigenvalue weighted by Crippen LogP contribution is 2.26. The molecule has 1 fully saturated rings. The molecule has 0 radical (unpaired) electrons. The number of ether oxygens (including phenoxy) is 1. The molecule has 0 aliphatic carbocycles. The smallest absolute Gasteiger partial charge is 0.255 e. The monoisotopic (exact) mass is 367 g/mol. The highest BCUT2D eigenvalue weighted by atomic mass is 16.5. The van der Waals surface area contributed by atoms with E-state index in [0.29, 0.717) is 24.3 Å². The van der Waals surface area contributed by atoms with E-state index in [-0.39, 0.29) is 17.9 Å². The molecule has 1 aliphatic heterocycles. The lowest BCUT2D eigenvalue weighted by molar-refractivity contribution is 0.0943. The number of anilines is 2. The Balaban J connectivity index is 1.77. The summed E-state index contributed by atoms with van der Waals surface area (Å²) in [6, 6.07) is 14.5. The molecule has 6 nitrogen and oxygen atoms in total. The molecule has 3 rings (SSSR count). The standard InChI is InChI=1S/C21H25N3O3/c1-15(2)22-20(25)16-6-5-7-17(14-16)21(26)23-18-8-3-4-9-19(18)24-10-12-27-13-11-24/h3-9,14-15H,10-13H2,1-2H3,(H,22,25)(H,23,26). The van der Waals surface area contributed by atoms with E-state index < -0.39 is 0 Å². The summed E-state index contributed by atoms with van der Waals surface area (Å²) in [6.07, 6.45) is 0. The van der Waals surface area contributed by atoms with Crippen LogP contribution < -0.4 is 15.5 Å². The van der Waals surface area contributed by atoms with Crippen LogP contribution >= 0.6 is 0 Å². The minimum atomic E-state index is -0.241. The lowest BCUT2D eigenvalue weighted by atomic mass is 10.1. The summed E-state index contributed by atoms with van der Waals surface area (Å²) in [7, 11) is 0. The van der Waals surface area contributed by atoms with Crippen molar-refractivity contribution in [2.75, 3.05) is 36.5 Å². The first kappa shape index (κ1) is 18.9. The third-order valence-corrected chi connectivity index (χ3v) is 4.31. The van der Waals surface area contributed by atoms with Gasteiger partial charge in [-0.05, 0) is 44.2 Å². The van der Waals surface area contributed by atoms with Crippen LogP contribution in [0.25, 0.3) is 0 Å². The summed E-state index contributed by atoms with van der Waals surface area (Å²) in [5.74, 6) is -0.428. The van der Waals surface area contributed by atoms with E-state index in [9.17, 15) is 9.59 Å². The summed E-state index contributed by atoms with van der Waals surface area (Å²) in [5, 5.41) is 5.82. The number of carbonyl (C=O) groups excluding carboxylic acids is 2. The van der Waals surface area contributed by atoms with Gasteiger partial charge in [-0.3, -0.25) is 9.59 Å². The Hall–Kier alpha value is -2.86. The van der Waals surface area contributed by atoms with Crippen molar-refractivity contribution in [3.63, 3.8) is 0 Å². The fourth-order valence-electron chi connectivity index (χ4n) is 3.00. The molecule has 2 N–H and O–H groups in total. The maximum Gasteiger partial charge on any atom is 0.255 e. The molecule has 2 amide bonds. The first-order chi connectivity index (χ1) is 13.0. The summed E-state index contributed by atoms with van der Waals surface area (Å²) >= 11 is 0. The number of amides is 2. The second kappa shape index (κ2) is 8.68. The van der Waals surface area contributed by atoms with Gasteiger partial charge in [-0.1, -0.05) is 18.2 Å². The van der Waals surface area contributed by atoms with Crippen LogP contribution in [0.2, 0.25) is 0 Å². The molecule has 0 aromatic heterocycles. The van der Waals surface area contributed by atoms with E-state index in [4.69, 9.17) is 4.74 Å². The number of rotatable bonds is 5. The van der Waals surface area contributed by atoms with E-state index in [2.05, 4.69) is 15.5 Å². The Morgan fingerprint density at radius 2 is 1.63 bits per heavy atom. The third kappa shape index (κ3) is 4.86. The van der Waals surface area contributed by atoms with Gasteiger partial charge < -0.3 is 20.3 Å². The van der Waals surface area contributed by atoms with Crippen molar-refractivity contribution in [3.05, 3.63) is 59.7 Å². The van der Waals surface area contributed by atoms with E-state index in [0.717, 1.165) is 24.5 Å². The van der Waals surface area contributed by atoms with E-state index >= 15 is 0 Å². The van der Waals surface area contributed by atoms with E-state index in [1.165, 1.54) is 0 Å². The van der Waals surface area contributed by atoms with Crippen LogP contribution in [-0.2, 0) is 4.74 Å². The quantitative estimate of drug-likeness (QED) is 0.852. The maximum absolute atomic E-state index is 12.8. The van der Waals surface area contributed by atoms with Crippen molar-refractivity contribution in [3.8, 4) is 0 Å². The number of benzene rings is 2. The summed E-state index contributed by atoms with van der Waals surface area (Å²) in [6.45, 7) is 6.73. The van der Waals surface area contributed by atoms with Crippen molar-refractivity contribution in [1.29, 1.82) is 0 Å². The fraction of sp³-hybridized carbons (Fsp3) is 0.333. The van der Waals surface area contributed by atoms with E-state index in [1.54, 1.807) is 24.3 Å². The van der Waals surface area contributed by atoms with Crippen molar-refractivity contribution in [1.82, 2.24) is 5.32 Å². The van der Waals surface area contributed by atoms with Gasteiger partial charge in [0.25, 0.3) is 11.8 Å². The molecule has 0 spiro atoms. The topological polar surface area (TPSA) is 70.7 Å². The van der Waals surface area contributed by atoms with Crippen LogP contribution in [0.5, 0.6) is 0 Å². The highest BCUT2D eigenvalue weighted by molar-refractivity contribution is 6.07. The van der Waals surface area contributed by atoms with Crippen LogP contribution in [0.3, 0.4) is 0 Å². The van der Waals surface area contributed by atoms with Gasteiger partial charge in [-0.2, -0.15) is 0 Å². The number of para-hydroxylation sites is 2. The normalized spacial score (nSPS) is 14.1. The summed E-state index contributed by atoms with van der Waals surface area (Å²) in [4.78, 5) is 27.1. The molecule has 0 saturated carbocycles. The zero-order valence-corrected chi connectivity index (χ0v) is 15.7. The Morgan fingerprint density at radius 1 is 0.963 bits per heavy atom. The molecule has 1 heterocycles. The van der Waals surface area contributed by atoms with Gasteiger partial charge in [0.1, 0.15) is 0 Å². The predicted molar refractivity (Wildman–Crippen MR) is 106 cm³/mol. The first-order valence-corrected chi connectivity index (χ1v) is 9.18. The van der Waals surface area contributed by atoms with Crippen molar-refractivity contribution < 1.29 is 14.3 Å². The zero-order valence-electron chi connectivity index (χ0n) is 15.7. The van der Waals surface area contributed by atoms with Crippen LogP contribution in [-0.4, -0.2) is 44.2 Å². The maximum atomic E-state index is 12.8. The Bertz CT molecular complexity index is 814. The molecule has 2 aromatic carbocycles. The Labute approximate surface area is 159 Å². The molecular formula is C21H25N3O3. The minimum Gasteiger partial charge on any atom is -0.378 e. The average Bonchev–Trinajstić information content (AvgIpc) is 2.68. The molecular weight excluding hydrogens is 342 g/mol. The van der Waals surface area contributed by atoms with Crippen LogP contribution in [0.1, 0.15) is 34.6 Å². The molecule has 142 valence electrons. The third-order valence-electron chi connectivity index (χ3n) is 4.31. The van der Waals surface area contributed by atoms with Crippen molar-refractivity contribution in [2.24, 2.45) is 0 Å². The molecule has 0 unspecified atom stereocenters. The molecule has 1 aliphatic rings. The van der Waals surface area contributed by atoms with Gasteiger partial charge in [0.15, 0.2) is 0 Å². The summed E-state index contributed by atoms with van der Waals surface area (Å²) < 4.78 is 5.41. The van der Waals surface area contributed by atoms with Gasteiger partial charge in [-0.15, -0.1) is 0 Å². The van der Waals surface area contributed by atoms with Crippen LogP contribution in [0.4, 0.5) is 11.4 Å². The molecule has 6 heteroatoms. The van der Waals surface area contributed by atoms with Crippen LogP contribution in [0, 0.1) is 0 Å². The fourth-order valence-corrected chi connectivity index (χ4v) is 3.00. The lowest BCUT2D eigenvalue weighted by Gasteiger charge is -2.30. The molecule has 2 aromatic rings. The molecule has 1 saturated heterocycles. The zero-order chi connectivity index (χ0) is 19.2. The SMILES string of the molecule is CC(C)NC(=O)c1cccc(C(=O)Nc2ccccc2N2CCOCC2)c1. The van der Waals surface area contributed by atoms with Crippen molar-refractivity contribution in [2.45, 2.75) is 19.9 Å². The van der Waals surface area contributed by atoms with Crippen LogP contribution in [0.15, 0.2) is 48.5 Å². The Morgan fingerprint density at radius 3 is 2.33 bits per heavy atom. The average molecular weight is 367 g/mol. The Kier molecular flexibility index (Phi) is 6.08. The lowest BCUT2D eigenvalue weighted by Crippen LogP contribution is -2.36. The van der Waals surface area contributed by atoms with Gasteiger partial charge in [0.2, 0.25) is 0 Å². The van der Waals surface area contributed by atoms with Crippen molar-refractivity contribution >= 4 is 23.2 Å². The number of morpholine rings is 1. The van der Waals surface area contributed by atoms with Gasteiger partial charge in [0, 0.05) is 30.3 Å². The molecule has 27 heavy (non-hydrogen) atoms. The number of nitrogens with zero attached hydrogens (tertiary/aromatic N) is 1. The van der Waals surface area contributed by atoms with E-state index in [1.807, 2.05) is 38.1 Å². The number of nitrogens with one attached hydrogen (secondary N) is 2. The molecule has 0 bridgehead atoms. The summed E-state index contributed by atoms with van der Waals surface area (Å²) in [5.41, 5.74) is 2.64. The highest BCUT2D eigenvalue weighted by Gasteiger charge is 2.17. The minimum absolute atomic E-state index is 0.0374. The second-order valence-electron chi connectivity index (χ2n) is 6.78. The second-order valence-corrected chi connectivity index (χ2v) is 6.78. The number of hydrogen-bond acceptors (Lipinski definition) is 4. The first-order valence-electron chi connectivity index (χ1n) is 9.18. The van der Waals surface area contributed by atoms with Gasteiger partial charge in [-0.25, -0.2) is 0 Å². The van der Waals surface area contributed by atoms with Gasteiger partial charge in [0.05, 0.1) is 24.6 Å². The predicted octanol–water partition coefficient (Wildman–Crippen LogP) is 2.91. The number of carbonyl (C=O) groups is 2.